The second-order valence-corrected chi connectivity index (χ2v) is 8.49. The molecular weight excluding hydrogens is 416 g/mol. The summed E-state index contributed by atoms with van der Waals surface area (Å²) < 4.78 is 32.3. The van der Waals surface area contributed by atoms with Crippen LogP contribution in [0.3, 0.4) is 0 Å². The van der Waals surface area contributed by atoms with Gasteiger partial charge in [0, 0.05) is 6.08 Å². The minimum Gasteiger partial charge on any atom is -0.468 e. The third kappa shape index (κ3) is 5.27. The third-order valence-corrected chi connectivity index (χ3v) is 5.92. The van der Waals surface area contributed by atoms with Gasteiger partial charge in [-0.05, 0) is 48.0 Å². The first-order valence-electron chi connectivity index (χ1n) is 9.51. The Bertz CT molecular complexity index is 1270. The summed E-state index contributed by atoms with van der Waals surface area (Å²) in [7, 11) is -3.66. The monoisotopic (exact) mass is 436 g/mol. The molecule has 0 fully saturated rings. The average Bonchev–Trinajstić information content (AvgIpc) is 3.44. The Morgan fingerprint density at radius 1 is 1.03 bits per heavy atom. The average molecular weight is 436 g/mol. The largest absolute Gasteiger partial charge is 0.468 e. The maximum atomic E-state index is 12.3. The van der Waals surface area contributed by atoms with Crippen molar-refractivity contribution >= 4 is 33.0 Å². The first-order valence-corrected chi connectivity index (χ1v) is 11.0. The smallest absolute Gasteiger partial charge is 0.244 e. The molecule has 0 saturated carbocycles. The van der Waals surface area contributed by atoms with Crippen LogP contribution in [0.4, 0.5) is 0 Å². The summed E-state index contributed by atoms with van der Waals surface area (Å²) in [5.41, 5.74) is 2.45. The Hall–Kier alpha value is -3.69. The Morgan fingerprint density at radius 3 is 2.58 bits per heavy atom. The maximum absolute atomic E-state index is 12.3. The van der Waals surface area contributed by atoms with E-state index >= 15 is 0 Å². The number of fused-ring (bicyclic) bond motifs is 1. The lowest BCUT2D eigenvalue weighted by Gasteiger charge is -2.05. The van der Waals surface area contributed by atoms with Gasteiger partial charge in [0.25, 0.3) is 0 Å². The van der Waals surface area contributed by atoms with Crippen molar-refractivity contribution in [2.24, 2.45) is 0 Å². The molecule has 9 heteroatoms. The van der Waals surface area contributed by atoms with E-state index in [-0.39, 0.29) is 23.9 Å². The van der Waals surface area contributed by atoms with Gasteiger partial charge in [0.05, 0.1) is 35.3 Å². The molecule has 31 heavy (non-hydrogen) atoms. The van der Waals surface area contributed by atoms with Crippen molar-refractivity contribution in [1.82, 2.24) is 20.0 Å². The minimum atomic E-state index is -3.66. The van der Waals surface area contributed by atoms with Crippen molar-refractivity contribution in [3.05, 3.63) is 90.2 Å². The van der Waals surface area contributed by atoms with E-state index in [4.69, 9.17) is 4.42 Å². The molecule has 8 nitrogen and oxygen atoms in total. The number of hydrogen-bond acceptors (Lipinski definition) is 5. The van der Waals surface area contributed by atoms with Crippen LogP contribution in [0.1, 0.15) is 17.1 Å². The molecule has 0 aliphatic rings. The number of aromatic nitrogens is 2. The van der Waals surface area contributed by atoms with Gasteiger partial charge < -0.3 is 14.7 Å². The van der Waals surface area contributed by atoms with E-state index in [0.29, 0.717) is 17.1 Å². The molecule has 0 spiro atoms. The first kappa shape index (κ1) is 20.6. The van der Waals surface area contributed by atoms with Crippen LogP contribution in [-0.4, -0.2) is 24.3 Å². The van der Waals surface area contributed by atoms with Crippen LogP contribution in [0.25, 0.3) is 17.1 Å². The van der Waals surface area contributed by atoms with Crippen LogP contribution in [0.15, 0.2) is 82.3 Å². The SMILES string of the molecule is O=C(/C=C/c1ccc(S(=O)(=O)NCc2ccco2)cc1)NCc1nc2ccccc2[nH]1. The number of carbonyl (C=O) groups excluding carboxylic acids is 1. The molecule has 0 bridgehead atoms. The molecule has 0 atom stereocenters. The molecule has 0 radical (unpaired) electrons. The standard InChI is InChI=1S/C22H20N4O4S/c27-22(23-15-21-25-19-5-1-2-6-20(19)26-21)12-9-16-7-10-18(11-8-16)31(28,29)24-14-17-4-3-13-30-17/h1-13,24H,14-15H2,(H,23,27)(H,25,26)/b12-9+. The topological polar surface area (TPSA) is 117 Å². The van der Waals surface area contributed by atoms with E-state index in [2.05, 4.69) is 20.0 Å². The van der Waals surface area contributed by atoms with Crippen molar-refractivity contribution < 1.29 is 17.6 Å². The van der Waals surface area contributed by atoms with Gasteiger partial charge in [-0.25, -0.2) is 18.1 Å². The number of imidazole rings is 1. The second kappa shape index (κ2) is 8.99. The number of carbonyl (C=O) groups is 1. The number of para-hydroxylation sites is 2. The van der Waals surface area contributed by atoms with Crippen molar-refractivity contribution in [2.75, 3.05) is 0 Å². The highest BCUT2D eigenvalue weighted by Gasteiger charge is 2.14. The van der Waals surface area contributed by atoms with Gasteiger partial charge in [0.1, 0.15) is 11.6 Å². The lowest BCUT2D eigenvalue weighted by molar-refractivity contribution is -0.116. The fourth-order valence-electron chi connectivity index (χ4n) is 2.91. The summed E-state index contributed by atoms with van der Waals surface area (Å²) in [6.07, 6.45) is 4.49. The molecule has 158 valence electrons. The molecule has 2 aromatic carbocycles. The van der Waals surface area contributed by atoms with Crippen LogP contribution >= 0.6 is 0 Å². The lowest BCUT2D eigenvalue weighted by Crippen LogP contribution is -2.22. The zero-order chi connectivity index (χ0) is 21.7. The van der Waals surface area contributed by atoms with Crippen LogP contribution in [-0.2, 0) is 27.9 Å². The first-order chi connectivity index (χ1) is 15.0. The van der Waals surface area contributed by atoms with E-state index in [1.54, 1.807) is 30.3 Å². The van der Waals surface area contributed by atoms with E-state index in [1.165, 1.54) is 24.5 Å². The van der Waals surface area contributed by atoms with E-state index < -0.39 is 10.0 Å². The molecule has 0 aliphatic heterocycles. The molecule has 0 aliphatic carbocycles. The number of furan rings is 1. The predicted octanol–water partition coefficient (Wildman–Crippen LogP) is 2.96. The number of H-pyrrole nitrogens is 1. The molecule has 1 amide bonds. The summed E-state index contributed by atoms with van der Waals surface area (Å²) >= 11 is 0. The zero-order valence-electron chi connectivity index (χ0n) is 16.4. The Balaban J connectivity index is 1.31. The maximum Gasteiger partial charge on any atom is 0.244 e. The quantitative estimate of drug-likeness (QED) is 0.367. The highest BCUT2D eigenvalue weighted by Crippen LogP contribution is 2.13. The van der Waals surface area contributed by atoms with Crippen LogP contribution < -0.4 is 10.0 Å². The van der Waals surface area contributed by atoms with Crippen LogP contribution in [0.5, 0.6) is 0 Å². The number of aromatic amines is 1. The minimum absolute atomic E-state index is 0.0718. The molecule has 2 heterocycles. The number of hydrogen-bond donors (Lipinski definition) is 3. The number of amides is 1. The molecular formula is C22H20N4O4S. The van der Waals surface area contributed by atoms with Crippen molar-refractivity contribution in [3.8, 4) is 0 Å². The van der Waals surface area contributed by atoms with Crippen molar-refractivity contribution in [2.45, 2.75) is 18.0 Å². The summed E-state index contributed by atoms with van der Waals surface area (Å²) in [4.78, 5) is 19.8. The summed E-state index contributed by atoms with van der Waals surface area (Å²) in [5, 5.41) is 2.76. The molecule has 3 N–H and O–H groups in total. The predicted molar refractivity (Wildman–Crippen MR) is 116 cm³/mol. The van der Waals surface area contributed by atoms with Gasteiger partial charge in [0.2, 0.25) is 15.9 Å². The summed E-state index contributed by atoms with van der Waals surface area (Å²) in [6.45, 7) is 0.346. The van der Waals surface area contributed by atoms with E-state index in [1.807, 2.05) is 24.3 Å². The molecule has 4 aromatic rings. The van der Waals surface area contributed by atoms with E-state index in [9.17, 15) is 13.2 Å². The number of sulfonamides is 1. The van der Waals surface area contributed by atoms with Gasteiger partial charge in [0.15, 0.2) is 0 Å². The van der Waals surface area contributed by atoms with Crippen molar-refractivity contribution in [1.29, 1.82) is 0 Å². The van der Waals surface area contributed by atoms with Gasteiger partial charge in [-0.15, -0.1) is 0 Å². The highest BCUT2D eigenvalue weighted by atomic mass is 32.2. The third-order valence-electron chi connectivity index (χ3n) is 4.50. The molecule has 2 aromatic heterocycles. The van der Waals surface area contributed by atoms with Crippen LogP contribution in [0, 0.1) is 0 Å². The van der Waals surface area contributed by atoms with E-state index in [0.717, 1.165) is 11.0 Å². The number of nitrogens with zero attached hydrogens (tertiary/aromatic N) is 1. The Labute approximate surface area is 179 Å². The molecule has 0 saturated heterocycles. The Morgan fingerprint density at radius 2 is 1.84 bits per heavy atom. The number of benzene rings is 2. The van der Waals surface area contributed by atoms with Gasteiger partial charge in [-0.2, -0.15) is 0 Å². The van der Waals surface area contributed by atoms with Crippen molar-refractivity contribution in [3.63, 3.8) is 0 Å². The van der Waals surface area contributed by atoms with Gasteiger partial charge in [-0.3, -0.25) is 4.79 Å². The molecule has 0 unspecified atom stereocenters. The highest BCUT2D eigenvalue weighted by molar-refractivity contribution is 7.89. The summed E-state index contributed by atoms with van der Waals surface area (Å²) in [5.74, 6) is 0.911. The van der Waals surface area contributed by atoms with Gasteiger partial charge in [-0.1, -0.05) is 24.3 Å². The zero-order valence-corrected chi connectivity index (χ0v) is 17.2. The number of nitrogens with one attached hydrogen (secondary N) is 3. The second-order valence-electron chi connectivity index (χ2n) is 6.72. The Kier molecular flexibility index (Phi) is 5.96. The lowest BCUT2D eigenvalue weighted by atomic mass is 10.2. The fraction of sp³-hybridized carbons (Fsp3) is 0.0909. The normalized spacial score (nSPS) is 11.9. The van der Waals surface area contributed by atoms with Gasteiger partial charge >= 0.3 is 0 Å². The summed E-state index contributed by atoms with van der Waals surface area (Å²) in [6, 6.07) is 17.2. The number of rotatable bonds is 8. The molecule has 4 rings (SSSR count). The van der Waals surface area contributed by atoms with Crippen LogP contribution in [0.2, 0.25) is 0 Å². The fourth-order valence-corrected chi connectivity index (χ4v) is 3.91.